The van der Waals surface area contributed by atoms with E-state index in [1.807, 2.05) is 11.3 Å². The SMILES string of the molecule is c1ccc(-n2c3ccccc3c3c(-c4ccccc4-c4ccc5c(c4)sc4c6ccccc6n(-c6ccccc6)c54)cccc32)cc1. The van der Waals surface area contributed by atoms with Crippen molar-refractivity contribution in [2.24, 2.45) is 0 Å². The summed E-state index contributed by atoms with van der Waals surface area (Å²) in [6.45, 7) is 0. The van der Waals surface area contributed by atoms with E-state index in [0.717, 1.165) is 0 Å². The van der Waals surface area contributed by atoms with Gasteiger partial charge in [0.2, 0.25) is 0 Å². The Balaban J connectivity index is 1.20. The molecular formula is C44H28N2S. The summed E-state index contributed by atoms with van der Waals surface area (Å²) in [7, 11) is 0. The summed E-state index contributed by atoms with van der Waals surface area (Å²) in [4.78, 5) is 0. The van der Waals surface area contributed by atoms with Gasteiger partial charge in [0.1, 0.15) is 0 Å². The number of thiophene rings is 1. The molecule has 0 fully saturated rings. The molecule has 0 saturated heterocycles. The predicted molar refractivity (Wildman–Crippen MR) is 201 cm³/mol. The molecule has 0 spiro atoms. The largest absolute Gasteiger partial charge is 0.309 e. The first-order valence-corrected chi connectivity index (χ1v) is 16.9. The summed E-state index contributed by atoms with van der Waals surface area (Å²) in [6, 6.07) is 61.7. The zero-order valence-electron chi connectivity index (χ0n) is 25.5. The Kier molecular flexibility index (Phi) is 5.78. The third-order valence-corrected chi connectivity index (χ3v) is 10.7. The Hall–Kier alpha value is -5.90. The molecule has 0 N–H and O–H groups in total. The number of benzene rings is 7. The molecule has 3 heterocycles. The Labute approximate surface area is 276 Å². The van der Waals surface area contributed by atoms with Crippen molar-refractivity contribution < 1.29 is 0 Å². The Morgan fingerprint density at radius 1 is 0.383 bits per heavy atom. The van der Waals surface area contributed by atoms with Gasteiger partial charge in [-0.2, -0.15) is 0 Å². The van der Waals surface area contributed by atoms with Gasteiger partial charge in [0.05, 0.1) is 26.8 Å². The number of fused-ring (bicyclic) bond motifs is 8. The first-order valence-electron chi connectivity index (χ1n) is 16.0. The minimum Gasteiger partial charge on any atom is -0.309 e. The average Bonchev–Trinajstić information content (AvgIpc) is 3.79. The van der Waals surface area contributed by atoms with E-state index in [9.17, 15) is 0 Å². The lowest BCUT2D eigenvalue weighted by Crippen LogP contribution is -1.93. The number of aromatic nitrogens is 2. The molecule has 0 atom stereocenters. The van der Waals surface area contributed by atoms with Crippen molar-refractivity contribution in [3.63, 3.8) is 0 Å². The molecule has 3 heteroatoms. The van der Waals surface area contributed by atoms with Crippen LogP contribution in [0, 0.1) is 0 Å². The van der Waals surface area contributed by atoms with Crippen LogP contribution in [0.4, 0.5) is 0 Å². The van der Waals surface area contributed by atoms with Crippen LogP contribution < -0.4 is 0 Å². The van der Waals surface area contributed by atoms with Gasteiger partial charge in [-0.3, -0.25) is 0 Å². The lowest BCUT2D eigenvalue weighted by Gasteiger charge is -2.13. The monoisotopic (exact) mass is 616 g/mol. The van der Waals surface area contributed by atoms with Crippen LogP contribution in [0.1, 0.15) is 0 Å². The topological polar surface area (TPSA) is 9.86 Å². The van der Waals surface area contributed by atoms with Gasteiger partial charge >= 0.3 is 0 Å². The zero-order valence-corrected chi connectivity index (χ0v) is 26.3. The van der Waals surface area contributed by atoms with E-state index in [0.29, 0.717) is 0 Å². The third-order valence-electron chi connectivity index (χ3n) is 9.53. The highest BCUT2D eigenvalue weighted by molar-refractivity contribution is 7.26. The molecule has 7 aromatic carbocycles. The van der Waals surface area contributed by atoms with Gasteiger partial charge in [0, 0.05) is 37.6 Å². The van der Waals surface area contributed by atoms with Crippen LogP contribution in [0.25, 0.3) is 86.6 Å². The summed E-state index contributed by atoms with van der Waals surface area (Å²) < 4.78 is 7.46. The van der Waals surface area contributed by atoms with E-state index >= 15 is 0 Å². The summed E-state index contributed by atoms with van der Waals surface area (Å²) in [5.74, 6) is 0. The van der Waals surface area contributed by atoms with E-state index in [1.54, 1.807) is 0 Å². The molecule has 0 aliphatic carbocycles. The van der Waals surface area contributed by atoms with Gasteiger partial charge in [-0.25, -0.2) is 0 Å². The fourth-order valence-corrected chi connectivity index (χ4v) is 8.81. The van der Waals surface area contributed by atoms with Crippen LogP contribution in [-0.2, 0) is 0 Å². The number of nitrogens with zero attached hydrogens (tertiary/aromatic N) is 2. The number of hydrogen-bond acceptors (Lipinski definition) is 1. The number of para-hydroxylation sites is 4. The van der Waals surface area contributed by atoms with Gasteiger partial charge in [-0.05, 0) is 70.8 Å². The average molecular weight is 617 g/mol. The maximum atomic E-state index is 2.43. The molecule has 10 aromatic rings. The lowest BCUT2D eigenvalue weighted by molar-refractivity contribution is 1.18. The molecule has 0 unspecified atom stereocenters. The smallest absolute Gasteiger partial charge is 0.0727 e. The molecule has 0 aliphatic heterocycles. The van der Waals surface area contributed by atoms with Gasteiger partial charge in [-0.1, -0.05) is 121 Å². The quantitative estimate of drug-likeness (QED) is 0.186. The van der Waals surface area contributed by atoms with Crippen molar-refractivity contribution in [1.82, 2.24) is 9.13 Å². The fraction of sp³-hybridized carbons (Fsp3) is 0. The van der Waals surface area contributed by atoms with Gasteiger partial charge in [-0.15, -0.1) is 11.3 Å². The maximum absolute atomic E-state index is 2.43. The van der Waals surface area contributed by atoms with E-state index < -0.39 is 0 Å². The summed E-state index contributed by atoms with van der Waals surface area (Å²) >= 11 is 1.90. The predicted octanol–water partition coefficient (Wildman–Crippen LogP) is 12.4. The van der Waals surface area contributed by atoms with Crippen molar-refractivity contribution in [3.8, 4) is 33.6 Å². The highest BCUT2D eigenvalue weighted by Gasteiger charge is 2.20. The maximum Gasteiger partial charge on any atom is 0.0727 e. The van der Waals surface area contributed by atoms with E-state index in [1.165, 1.54) is 86.6 Å². The Morgan fingerprint density at radius 3 is 1.72 bits per heavy atom. The molecule has 0 bridgehead atoms. The molecule has 47 heavy (non-hydrogen) atoms. The molecule has 0 amide bonds. The second-order valence-corrected chi connectivity index (χ2v) is 13.2. The first kappa shape index (κ1) is 26.3. The van der Waals surface area contributed by atoms with Crippen LogP contribution in [-0.4, -0.2) is 9.13 Å². The highest BCUT2D eigenvalue weighted by atomic mass is 32.1. The fourth-order valence-electron chi connectivity index (χ4n) is 7.55. The van der Waals surface area contributed by atoms with Crippen molar-refractivity contribution in [1.29, 1.82) is 0 Å². The normalized spacial score (nSPS) is 11.8. The van der Waals surface area contributed by atoms with Crippen LogP contribution in [0.15, 0.2) is 170 Å². The highest BCUT2D eigenvalue weighted by Crippen LogP contribution is 2.45. The van der Waals surface area contributed by atoms with Crippen LogP contribution in [0.2, 0.25) is 0 Å². The Bertz CT molecular complexity index is 2780. The molecule has 0 saturated carbocycles. The molecule has 220 valence electrons. The van der Waals surface area contributed by atoms with E-state index in [-0.39, 0.29) is 0 Å². The zero-order chi connectivity index (χ0) is 30.9. The minimum absolute atomic E-state index is 1.17. The third kappa shape index (κ3) is 3.90. The standard InChI is InChI=1S/C44H28N2S/c1-3-14-30(15-4-1)45-38-23-11-9-20-35(38)42-34(22-13-25-40(42)45)33-19-8-7-18-32(33)29-26-27-37-41(28-29)47-44-36-21-10-12-24-39(36)46(43(37)44)31-16-5-2-6-17-31/h1-28H. The van der Waals surface area contributed by atoms with Crippen LogP contribution in [0.5, 0.6) is 0 Å². The van der Waals surface area contributed by atoms with Crippen LogP contribution in [0.3, 0.4) is 0 Å². The summed E-state index contributed by atoms with van der Waals surface area (Å²) in [6.07, 6.45) is 0. The summed E-state index contributed by atoms with van der Waals surface area (Å²) in [5, 5.41) is 5.14. The first-order chi connectivity index (χ1) is 23.3. The van der Waals surface area contributed by atoms with Crippen molar-refractivity contribution in [2.45, 2.75) is 0 Å². The van der Waals surface area contributed by atoms with E-state index in [2.05, 4.69) is 179 Å². The number of rotatable bonds is 4. The molecule has 2 nitrogen and oxygen atoms in total. The molecule has 10 rings (SSSR count). The second kappa shape index (κ2) is 10.3. The van der Waals surface area contributed by atoms with Gasteiger partial charge in [0.25, 0.3) is 0 Å². The van der Waals surface area contributed by atoms with Crippen molar-refractivity contribution in [3.05, 3.63) is 170 Å². The lowest BCUT2D eigenvalue weighted by atomic mass is 9.91. The minimum atomic E-state index is 1.17. The van der Waals surface area contributed by atoms with Gasteiger partial charge in [0.15, 0.2) is 0 Å². The van der Waals surface area contributed by atoms with Crippen LogP contribution >= 0.6 is 11.3 Å². The van der Waals surface area contributed by atoms with Crippen molar-refractivity contribution >= 4 is 64.3 Å². The summed E-state index contributed by atoms with van der Waals surface area (Å²) in [5.41, 5.74) is 12.3. The van der Waals surface area contributed by atoms with Crippen molar-refractivity contribution in [2.75, 3.05) is 0 Å². The van der Waals surface area contributed by atoms with E-state index in [4.69, 9.17) is 0 Å². The molecule has 0 radical (unpaired) electrons. The molecular weight excluding hydrogens is 589 g/mol. The molecule has 3 aromatic heterocycles. The molecule has 0 aliphatic rings. The Morgan fingerprint density at radius 2 is 0.957 bits per heavy atom. The second-order valence-electron chi connectivity index (χ2n) is 12.1. The number of hydrogen-bond donors (Lipinski definition) is 0. The van der Waals surface area contributed by atoms with Gasteiger partial charge < -0.3 is 9.13 Å².